The lowest BCUT2D eigenvalue weighted by Crippen LogP contribution is -2.34. The molecule has 1 aromatic carbocycles. The minimum Gasteiger partial charge on any atom is -0.462 e. The molecule has 0 fully saturated rings. The molecule has 2 aromatic rings. The fraction of sp³-hybridized carbons (Fsp3) is 0.316. The van der Waals surface area contributed by atoms with E-state index in [9.17, 15) is 9.59 Å². The van der Waals surface area contributed by atoms with Crippen LogP contribution in [-0.2, 0) is 17.7 Å². The maximum absolute atomic E-state index is 12.5. The third kappa shape index (κ3) is 4.52. The van der Waals surface area contributed by atoms with E-state index in [0.29, 0.717) is 22.7 Å². The van der Waals surface area contributed by atoms with E-state index in [1.54, 1.807) is 31.2 Å². The lowest BCUT2D eigenvalue weighted by Gasteiger charge is -2.22. The van der Waals surface area contributed by atoms with Gasteiger partial charge in [0.25, 0.3) is 5.91 Å². The average molecular weight is 404 g/mol. The zero-order chi connectivity index (χ0) is 19.4. The number of hydrogen-bond acceptors (Lipinski definition) is 6. The molecule has 0 saturated carbocycles. The van der Waals surface area contributed by atoms with Gasteiger partial charge in [-0.05, 0) is 50.3 Å². The van der Waals surface area contributed by atoms with Crippen molar-refractivity contribution in [3.05, 3.63) is 51.9 Å². The van der Waals surface area contributed by atoms with Crippen molar-refractivity contribution >= 4 is 45.5 Å². The van der Waals surface area contributed by atoms with Crippen LogP contribution in [0.3, 0.4) is 0 Å². The molecule has 1 aliphatic rings. The molecule has 0 unspecified atom stereocenters. The number of thiocarbonyl (C=S) groups is 1. The van der Waals surface area contributed by atoms with Crippen molar-refractivity contribution in [1.29, 1.82) is 0 Å². The zero-order valence-corrected chi connectivity index (χ0v) is 16.8. The normalized spacial score (nSPS) is 13.6. The summed E-state index contributed by atoms with van der Waals surface area (Å²) in [4.78, 5) is 28.1. The quantitative estimate of drug-likeness (QED) is 0.604. The Kier molecular flexibility index (Phi) is 6.20. The number of anilines is 1. The van der Waals surface area contributed by atoms with E-state index in [0.717, 1.165) is 30.0 Å². The Morgan fingerprint density at radius 1 is 1.30 bits per heavy atom. The van der Waals surface area contributed by atoms with E-state index < -0.39 is 0 Å². The van der Waals surface area contributed by atoms with Crippen LogP contribution >= 0.6 is 23.6 Å². The summed E-state index contributed by atoms with van der Waals surface area (Å²) in [5.41, 5.74) is 2.05. The second kappa shape index (κ2) is 8.60. The molecule has 27 heavy (non-hydrogen) atoms. The predicted molar refractivity (Wildman–Crippen MR) is 110 cm³/mol. The Balaban J connectivity index is 1.80. The highest BCUT2D eigenvalue weighted by molar-refractivity contribution is 7.80. The predicted octanol–water partition coefficient (Wildman–Crippen LogP) is 3.04. The van der Waals surface area contributed by atoms with Gasteiger partial charge in [0.15, 0.2) is 5.11 Å². The second-order valence-corrected chi connectivity index (χ2v) is 7.70. The fourth-order valence-corrected chi connectivity index (χ4v) is 4.52. The number of rotatable bonds is 4. The number of nitrogens with one attached hydrogen (secondary N) is 2. The topological polar surface area (TPSA) is 70.7 Å². The first kappa shape index (κ1) is 19.5. The Morgan fingerprint density at radius 3 is 2.74 bits per heavy atom. The lowest BCUT2D eigenvalue weighted by molar-refractivity contribution is 0.0526. The molecule has 0 radical (unpaired) electrons. The molecule has 8 heteroatoms. The Hall–Kier alpha value is -2.29. The summed E-state index contributed by atoms with van der Waals surface area (Å²) in [5.74, 6) is -0.661. The van der Waals surface area contributed by atoms with Crippen LogP contribution in [0.2, 0.25) is 0 Å². The van der Waals surface area contributed by atoms with Gasteiger partial charge in [-0.25, -0.2) is 4.79 Å². The molecule has 0 saturated heterocycles. The summed E-state index contributed by atoms with van der Waals surface area (Å²) in [6.45, 7) is 3.74. The van der Waals surface area contributed by atoms with Crippen LogP contribution in [0.4, 0.5) is 5.00 Å². The molecular formula is C19H21N3O3S2. The van der Waals surface area contributed by atoms with Crippen molar-refractivity contribution in [3.8, 4) is 0 Å². The first-order valence-corrected chi connectivity index (χ1v) is 9.89. The number of carbonyl (C=O) groups excluding carboxylic acids is 2. The van der Waals surface area contributed by atoms with Crippen LogP contribution in [0.25, 0.3) is 0 Å². The monoisotopic (exact) mass is 403 g/mol. The Morgan fingerprint density at radius 2 is 2.04 bits per heavy atom. The van der Waals surface area contributed by atoms with Gasteiger partial charge in [-0.2, -0.15) is 0 Å². The number of esters is 1. The van der Waals surface area contributed by atoms with Gasteiger partial charge in [-0.1, -0.05) is 18.2 Å². The first-order chi connectivity index (χ1) is 13.0. The van der Waals surface area contributed by atoms with Crippen molar-refractivity contribution in [2.45, 2.75) is 19.9 Å². The number of amides is 1. The number of nitrogens with zero attached hydrogens (tertiary/aromatic N) is 1. The van der Waals surface area contributed by atoms with Gasteiger partial charge in [-0.15, -0.1) is 11.3 Å². The minimum absolute atomic E-state index is 0.154. The summed E-state index contributed by atoms with van der Waals surface area (Å²) in [6, 6.07) is 8.83. The molecule has 1 amide bonds. The van der Waals surface area contributed by atoms with E-state index in [4.69, 9.17) is 17.0 Å². The van der Waals surface area contributed by atoms with Crippen LogP contribution in [-0.4, -0.2) is 42.1 Å². The molecule has 3 rings (SSSR count). The number of thiophene rings is 1. The molecule has 0 aliphatic carbocycles. The molecule has 2 heterocycles. The zero-order valence-electron chi connectivity index (χ0n) is 15.2. The smallest absolute Gasteiger partial charge is 0.341 e. The van der Waals surface area contributed by atoms with Gasteiger partial charge in [-0.3, -0.25) is 10.1 Å². The van der Waals surface area contributed by atoms with Crippen molar-refractivity contribution in [2.24, 2.45) is 0 Å². The van der Waals surface area contributed by atoms with Crippen LogP contribution in [0.15, 0.2) is 30.3 Å². The maximum atomic E-state index is 12.5. The van der Waals surface area contributed by atoms with Gasteiger partial charge < -0.3 is 15.0 Å². The maximum Gasteiger partial charge on any atom is 0.341 e. The van der Waals surface area contributed by atoms with E-state index >= 15 is 0 Å². The SMILES string of the molecule is CCOC(=O)c1c(NC(=S)NC(=O)c2ccccc2)sc2c1CCN(C)C2. The Labute approximate surface area is 167 Å². The third-order valence-electron chi connectivity index (χ3n) is 4.22. The van der Waals surface area contributed by atoms with Gasteiger partial charge in [0, 0.05) is 23.5 Å². The number of hydrogen-bond donors (Lipinski definition) is 2. The minimum atomic E-state index is -0.362. The molecule has 1 aliphatic heterocycles. The van der Waals surface area contributed by atoms with E-state index in [2.05, 4.69) is 15.5 Å². The molecule has 142 valence electrons. The van der Waals surface area contributed by atoms with Gasteiger partial charge in [0.2, 0.25) is 0 Å². The molecule has 0 bridgehead atoms. The average Bonchev–Trinajstić information content (AvgIpc) is 2.99. The van der Waals surface area contributed by atoms with Crippen LogP contribution in [0, 0.1) is 0 Å². The summed E-state index contributed by atoms with van der Waals surface area (Å²) in [7, 11) is 2.05. The van der Waals surface area contributed by atoms with Crippen LogP contribution < -0.4 is 10.6 Å². The first-order valence-electron chi connectivity index (χ1n) is 8.67. The van der Waals surface area contributed by atoms with Crippen molar-refractivity contribution in [2.75, 3.05) is 25.5 Å². The van der Waals surface area contributed by atoms with E-state index in [-0.39, 0.29) is 17.0 Å². The summed E-state index contributed by atoms with van der Waals surface area (Å²) in [5, 5.41) is 6.45. The molecule has 0 spiro atoms. The number of ether oxygens (including phenoxy) is 1. The molecular weight excluding hydrogens is 382 g/mol. The lowest BCUT2D eigenvalue weighted by atomic mass is 10.0. The number of carbonyl (C=O) groups is 2. The van der Waals surface area contributed by atoms with E-state index in [1.807, 2.05) is 13.1 Å². The summed E-state index contributed by atoms with van der Waals surface area (Å²) in [6.07, 6.45) is 0.779. The number of fused-ring (bicyclic) bond motifs is 1. The number of benzene rings is 1. The molecule has 1 aromatic heterocycles. The van der Waals surface area contributed by atoms with Gasteiger partial charge in [0.1, 0.15) is 5.00 Å². The number of likely N-dealkylation sites (N-methyl/N-ethyl adjacent to an activating group) is 1. The van der Waals surface area contributed by atoms with Gasteiger partial charge in [0.05, 0.1) is 12.2 Å². The summed E-state index contributed by atoms with van der Waals surface area (Å²) < 4.78 is 5.24. The van der Waals surface area contributed by atoms with Crippen LogP contribution in [0.1, 0.15) is 38.1 Å². The highest BCUT2D eigenvalue weighted by Crippen LogP contribution is 2.37. The van der Waals surface area contributed by atoms with Crippen molar-refractivity contribution in [1.82, 2.24) is 10.2 Å². The molecule has 0 atom stereocenters. The highest BCUT2D eigenvalue weighted by atomic mass is 32.1. The van der Waals surface area contributed by atoms with Crippen molar-refractivity contribution < 1.29 is 14.3 Å². The van der Waals surface area contributed by atoms with Gasteiger partial charge >= 0.3 is 5.97 Å². The highest BCUT2D eigenvalue weighted by Gasteiger charge is 2.28. The van der Waals surface area contributed by atoms with Crippen LogP contribution in [0.5, 0.6) is 0 Å². The second-order valence-electron chi connectivity index (χ2n) is 6.19. The molecule has 6 nitrogen and oxygen atoms in total. The van der Waals surface area contributed by atoms with E-state index in [1.165, 1.54) is 11.3 Å². The van der Waals surface area contributed by atoms with Crippen molar-refractivity contribution in [3.63, 3.8) is 0 Å². The Bertz CT molecular complexity index is 865. The third-order valence-corrected chi connectivity index (χ3v) is 5.55. The molecule has 2 N–H and O–H groups in total. The fourth-order valence-electron chi connectivity index (χ4n) is 2.94. The standard InChI is InChI=1S/C19H21N3O3S2/c1-3-25-18(24)15-13-9-10-22(2)11-14(13)27-17(15)21-19(26)20-16(23)12-7-5-4-6-8-12/h4-8H,3,9-11H2,1-2H3,(H2,20,21,23,26). The summed E-state index contributed by atoms with van der Waals surface area (Å²) >= 11 is 6.77. The largest absolute Gasteiger partial charge is 0.462 e.